The summed E-state index contributed by atoms with van der Waals surface area (Å²) in [7, 11) is 0. The Morgan fingerprint density at radius 1 is 0.962 bits per heavy atom. The van der Waals surface area contributed by atoms with Gasteiger partial charge in [0.1, 0.15) is 5.82 Å². The molecule has 0 aliphatic carbocycles. The van der Waals surface area contributed by atoms with Gasteiger partial charge in [0.2, 0.25) is 0 Å². The lowest BCUT2D eigenvalue weighted by atomic mass is 9.96. The second kappa shape index (κ2) is 8.38. The van der Waals surface area contributed by atoms with Crippen LogP contribution >= 0.6 is 0 Å². The molecule has 1 aromatic heterocycles. The van der Waals surface area contributed by atoms with Crippen LogP contribution in [-0.2, 0) is 0 Å². The summed E-state index contributed by atoms with van der Waals surface area (Å²) in [6.07, 6.45) is 10.5. The first-order chi connectivity index (χ1) is 12.8. The lowest BCUT2D eigenvalue weighted by molar-refractivity contribution is 0.0724. The summed E-state index contributed by atoms with van der Waals surface area (Å²) in [4.78, 5) is 24.6. The molecule has 1 amide bonds. The molecule has 0 aromatic carbocycles. The van der Waals surface area contributed by atoms with Crippen LogP contribution in [-0.4, -0.2) is 66.5 Å². The van der Waals surface area contributed by atoms with Crippen molar-refractivity contribution < 1.29 is 4.79 Å². The first-order valence-electron chi connectivity index (χ1n) is 10.5. The standard InChI is InChI=1S/C21H32N4O/c26-21(25-13-2-1-3-14-25)19-7-6-10-22-20(19)24-15-8-18(9-16-24)17-23-11-4-5-12-23/h6-7,10,18H,1-5,8-9,11-17H2. The molecule has 0 radical (unpaired) electrons. The van der Waals surface area contributed by atoms with Crippen molar-refractivity contribution in [3.63, 3.8) is 0 Å². The zero-order chi connectivity index (χ0) is 17.8. The lowest BCUT2D eigenvalue weighted by Gasteiger charge is -2.36. The van der Waals surface area contributed by atoms with Crippen LogP contribution in [0.2, 0.25) is 0 Å². The number of amides is 1. The molecule has 5 heteroatoms. The fourth-order valence-electron chi connectivity index (χ4n) is 4.74. The molecule has 4 rings (SSSR count). The molecule has 5 nitrogen and oxygen atoms in total. The number of likely N-dealkylation sites (tertiary alicyclic amines) is 2. The number of rotatable bonds is 4. The van der Waals surface area contributed by atoms with Crippen molar-refractivity contribution in [1.29, 1.82) is 0 Å². The number of pyridine rings is 1. The average molecular weight is 357 g/mol. The minimum absolute atomic E-state index is 0.173. The van der Waals surface area contributed by atoms with Crippen LogP contribution in [0.4, 0.5) is 5.82 Å². The molecule has 0 bridgehead atoms. The van der Waals surface area contributed by atoms with E-state index < -0.39 is 0 Å². The highest BCUT2D eigenvalue weighted by Crippen LogP contribution is 2.27. The third-order valence-corrected chi connectivity index (χ3v) is 6.29. The van der Waals surface area contributed by atoms with Gasteiger partial charge >= 0.3 is 0 Å². The Bertz CT molecular complexity index is 600. The van der Waals surface area contributed by atoms with E-state index in [0.717, 1.165) is 56.3 Å². The topological polar surface area (TPSA) is 39.7 Å². The van der Waals surface area contributed by atoms with Crippen LogP contribution in [0.5, 0.6) is 0 Å². The van der Waals surface area contributed by atoms with E-state index in [1.54, 1.807) is 0 Å². The SMILES string of the molecule is O=C(c1cccnc1N1CCC(CN2CCCC2)CC1)N1CCCCC1. The van der Waals surface area contributed by atoms with Gasteiger partial charge in [0.15, 0.2) is 0 Å². The average Bonchev–Trinajstić information content (AvgIpc) is 3.22. The van der Waals surface area contributed by atoms with Gasteiger partial charge in [0.05, 0.1) is 5.56 Å². The Hall–Kier alpha value is -1.62. The summed E-state index contributed by atoms with van der Waals surface area (Å²) in [5.74, 6) is 1.88. The predicted octanol–water partition coefficient (Wildman–Crippen LogP) is 3.02. The zero-order valence-electron chi connectivity index (χ0n) is 15.9. The molecule has 26 heavy (non-hydrogen) atoms. The molecule has 3 aliphatic rings. The number of piperidine rings is 2. The lowest BCUT2D eigenvalue weighted by Crippen LogP contribution is -2.40. The summed E-state index contributed by atoms with van der Waals surface area (Å²) in [6, 6.07) is 3.87. The van der Waals surface area contributed by atoms with E-state index in [-0.39, 0.29) is 5.91 Å². The Morgan fingerprint density at radius 2 is 1.65 bits per heavy atom. The number of carbonyl (C=O) groups is 1. The molecule has 0 unspecified atom stereocenters. The van der Waals surface area contributed by atoms with Gasteiger partial charge < -0.3 is 14.7 Å². The number of aromatic nitrogens is 1. The van der Waals surface area contributed by atoms with Crippen LogP contribution in [0.25, 0.3) is 0 Å². The Kier molecular flexibility index (Phi) is 5.73. The molecule has 3 saturated heterocycles. The van der Waals surface area contributed by atoms with Crippen molar-refractivity contribution in [1.82, 2.24) is 14.8 Å². The first kappa shape index (κ1) is 17.8. The van der Waals surface area contributed by atoms with Gasteiger partial charge in [-0.05, 0) is 76.1 Å². The Balaban J connectivity index is 1.39. The Morgan fingerprint density at radius 3 is 2.38 bits per heavy atom. The number of nitrogens with zero attached hydrogens (tertiary/aromatic N) is 4. The van der Waals surface area contributed by atoms with Crippen LogP contribution in [0.15, 0.2) is 18.3 Å². The normalized spacial score (nSPS) is 22.8. The van der Waals surface area contributed by atoms with Gasteiger partial charge in [0.25, 0.3) is 5.91 Å². The highest BCUT2D eigenvalue weighted by Gasteiger charge is 2.27. The minimum Gasteiger partial charge on any atom is -0.356 e. The summed E-state index contributed by atoms with van der Waals surface area (Å²) in [6.45, 7) is 7.67. The van der Waals surface area contributed by atoms with Crippen molar-refractivity contribution in [2.24, 2.45) is 5.92 Å². The van der Waals surface area contributed by atoms with E-state index in [4.69, 9.17) is 0 Å². The van der Waals surface area contributed by atoms with E-state index in [9.17, 15) is 4.79 Å². The van der Waals surface area contributed by atoms with E-state index >= 15 is 0 Å². The number of hydrogen-bond acceptors (Lipinski definition) is 4. The van der Waals surface area contributed by atoms with Gasteiger partial charge in [-0.15, -0.1) is 0 Å². The second-order valence-electron chi connectivity index (χ2n) is 8.17. The fourth-order valence-corrected chi connectivity index (χ4v) is 4.74. The number of hydrogen-bond donors (Lipinski definition) is 0. The molecule has 3 aliphatic heterocycles. The highest BCUT2D eigenvalue weighted by atomic mass is 16.2. The smallest absolute Gasteiger partial charge is 0.257 e. The quantitative estimate of drug-likeness (QED) is 0.831. The molecular formula is C21H32N4O. The monoisotopic (exact) mass is 356 g/mol. The van der Waals surface area contributed by atoms with Gasteiger partial charge in [0, 0.05) is 38.9 Å². The van der Waals surface area contributed by atoms with Crippen LogP contribution in [0, 0.1) is 5.92 Å². The third kappa shape index (κ3) is 4.03. The van der Waals surface area contributed by atoms with Gasteiger partial charge in [-0.2, -0.15) is 0 Å². The number of carbonyl (C=O) groups excluding carboxylic acids is 1. The molecule has 0 spiro atoms. The van der Waals surface area contributed by atoms with Crippen LogP contribution in [0.3, 0.4) is 0 Å². The molecule has 142 valence electrons. The summed E-state index contributed by atoms with van der Waals surface area (Å²) in [5, 5.41) is 0. The van der Waals surface area contributed by atoms with E-state index in [1.807, 2.05) is 23.2 Å². The molecule has 4 heterocycles. The molecule has 0 atom stereocenters. The molecular weight excluding hydrogens is 324 g/mol. The van der Waals surface area contributed by atoms with Gasteiger partial charge in [-0.3, -0.25) is 4.79 Å². The van der Waals surface area contributed by atoms with E-state index in [1.165, 1.54) is 51.7 Å². The van der Waals surface area contributed by atoms with Crippen molar-refractivity contribution >= 4 is 11.7 Å². The molecule has 3 fully saturated rings. The maximum Gasteiger partial charge on any atom is 0.257 e. The summed E-state index contributed by atoms with van der Waals surface area (Å²) in [5.41, 5.74) is 0.799. The van der Waals surface area contributed by atoms with E-state index in [2.05, 4.69) is 14.8 Å². The minimum atomic E-state index is 0.173. The van der Waals surface area contributed by atoms with Crippen molar-refractivity contribution in [2.45, 2.75) is 44.9 Å². The van der Waals surface area contributed by atoms with Crippen molar-refractivity contribution in [3.8, 4) is 0 Å². The molecule has 1 aromatic rings. The maximum atomic E-state index is 13.0. The third-order valence-electron chi connectivity index (χ3n) is 6.29. The zero-order valence-corrected chi connectivity index (χ0v) is 15.9. The fraction of sp³-hybridized carbons (Fsp3) is 0.714. The molecule has 0 N–H and O–H groups in total. The summed E-state index contributed by atoms with van der Waals surface area (Å²) >= 11 is 0. The number of anilines is 1. The summed E-state index contributed by atoms with van der Waals surface area (Å²) < 4.78 is 0. The van der Waals surface area contributed by atoms with Crippen molar-refractivity contribution in [2.75, 3.05) is 50.7 Å². The van der Waals surface area contributed by atoms with Crippen LogP contribution in [0.1, 0.15) is 55.3 Å². The first-order valence-corrected chi connectivity index (χ1v) is 10.5. The molecule has 0 saturated carbocycles. The largest absolute Gasteiger partial charge is 0.356 e. The van der Waals surface area contributed by atoms with Crippen LogP contribution < -0.4 is 4.90 Å². The maximum absolute atomic E-state index is 13.0. The second-order valence-corrected chi connectivity index (χ2v) is 8.17. The van der Waals surface area contributed by atoms with Gasteiger partial charge in [-0.1, -0.05) is 0 Å². The predicted molar refractivity (Wildman–Crippen MR) is 105 cm³/mol. The van der Waals surface area contributed by atoms with E-state index in [0.29, 0.717) is 0 Å². The Labute approximate surface area is 157 Å². The highest BCUT2D eigenvalue weighted by molar-refractivity contribution is 5.99. The van der Waals surface area contributed by atoms with Gasteiger partial charge in [-0.25, -0.2) is 4.98 Å². The van der Waals surface area contributed by atoms with Crippen molar-refractivity contribution in [3.05, 3.63) is 23.9 Å².